The van der Waals surface area contributed by atoms with Crippen molar-refractivity contribution in [3.63, 3.8) is 0 Å². The maximum atomic E-state index is 10.2. The van der Waals surface area contributed by atoms with Gasteiger partial charge in [-0.1, -0.05) is 23.2 Å². The Hall–Kier alpha value is -1.39. The van der Waals surface area contributed by atoms with Crippen LogP contribution in [0.15, 0.2) is 18.3 Å². The summed E-state index contributed by atoms with van der Waals surface area (Å²) in [6, 6.07) is 3.17. The van der Waals surface area contributed by atoms with Gasteiger partial charge in [-0.25, -0.2) is 4.98 Å². The molecule has 6 heteroatoms. The smallest absolute Gasteiger partial charge is 0.211 e. The Bertz CT molecular complexity index is 530. The SMILES string of the molecule is O=CNc1cnc2c(Cl)cc(Cl)nc2c1. The second-order valence-electron chi connectivity index (χ2n) is 2.78. The predicted octanol–water partition coefficient (Wildman–Crippen LogP) is 2.50. The maximum Gasteiger partial charge on any atom is 0.211 e. The van der Waals surface area contributed by atoms with Gasteiger partial charge in [0.15, 0.2) is 0 Å². The molecule has 15 heavy (non-hydrogen) atoms. The Morgan fingerprint density at radius 2 is 2.13 bits per heavy atom. The van der Waals surface area contributed by atoms with Gasteiger partial charge in [0.05, 0.1) is 22.4 Å². The van der Waals surface area contributed by atoms with Crippen LogP contribution >= 0.6 is 23.2 Å². The Labute approximate surface area is 95.2 Å². The highest BCUT2D eigenvalue weighted by Crippen LogP contribution is 2.24. The third-order valence-electron chi connectivity index (χ3n) is 1.79. The van der Waals surface area contributed by atoms with Crippen LogP contribution in [0.5, 0.6) is 0 Å². The Balaban J connectivity index is 2.65. The monoisotopic (exact) mass is 241 g/mol. The summed E-state index contributed by atoms with van der Waals surface area (Å²) in [6.07, 6.45) is 2.06. The molecule has 76 valence electrons. The van der Waals surface area contributed by atoms with E-state index in [1.807, 2.05) is 0 Å². The number of rotatable bonds is 2. The quantitative estimate of drug-likeness (QED) is 0.650. The van der Waals surface area contributed by atoms with Crippen LogP contribution in [0.1, 0.15) is 0 Å². The number of anilines is 1. The molecule has 1 N–H and O–H groups in total. The van der Waals surface area contributed by atoms with Gasteiger partial charge >= 0.3 is 0 Å². The summed E-state index contributed by atoms with van der Waals surface area (Å²) in [5.41, 5.74) is 1.64. The first-order valence-electron chi connectivity index (χ1n) is 4.02. The molecular weight excluding hydrogens is 237 g/mol. The molecule has 0 unspecified atom stereocenters. The van der Waals surface area contributed by atoms with Crippen LogP contribution in [0.25, 0.3) is 11.0 Å². The number of hydrogen-bond donors (Lipinski definition) is 1. The number of carbonyl (C=O) groups is 1. The van der Waals surface area contributed by atoms with Gasteiger partial charge in [0.2, 0.25) is 6.41 Å². The molecular formula is C9H5Cl2N3O. The fraction of sp³-hybridized carbons (Fsp3) is 0. The van der Waals surface area contributed by atoms with Gasteiger partial charge in [-0.2, -0.15) is 0 Å². The van der Waals surface area contributed by atoms with Crippen LogP contribution in [0.3, 0.4) is 0 Å². The molecule has 0 aliphatic carbocycles. The molecule has 2 aromatic heterocycles. The summed E-state index contributed by atoms with van der Waals surface area (Å²) >= 11 is 11.7. The number of carbonyl (C=O) groups excluding carboxylic acids is 1. The van der Waals surface area contributed by atoms with E-state index in [-0.39, 0.29) is 5.15 Å². The summed E-state index contributed by atoms with van der Waals surface area (Å²) in [5, 5.41) is 3.19. The minimum absolute atomic E-state index is 0.289. The molecule has 4 nitrogen and oxygen atoms in total. The zero-order valence-corrected chi connectivity index (χ0v) is 8.88. The van der Waals surface area contributed by atoms with Crippen LogP contribution in [-0.2, 0) is 4.79 Å². The number of nitrogens with zero attached hydrogens (tertiary/aromatic N) is 2. The second-order valence-corrected chi connectivity index (χ2v) is 3.58. The van der Waals surface area contributed by atoms with Crippen molar-refractivity contribution in [3.8, 4) is 0 Å². The standard InChI is InChI=1S/C9H5Cl2N3O/c10-6-2-8(11)14-7-1-5(13-4-15)3-12-9(6)7/h1-4H,(H,13,15). The van der Waals surface area contributed by atoms with Gasteiger partial charge in [-0.15, -0.1) is 0 Å². The lowest BCUT2D eigenvalue weighted by molar-refractivity contribution is -0.105. The molecule has 2 rings (SSSR count). The fourth-order valence-corrected chi connectivity index (χ4v) is 1.69. The highest BCUT2D eigenvalue weighted by molar-refractivity contribution is 6.37. The first kappa shape index (κ1) is 10.1. The molecule has 2 aromatic rings. The van der Waals surface area contributed by atoms with Crippen LogP contribution in [-0.4, -0.2) is 16.4 Å². The summed E-state index contributed by atoms with van der Waals surface area (Å²) < 4.78 is 0. The zero-order valence-electron chi connectivity index (χ0n) is 7.37. The lowest BCUT2D eigenvalue weighted by Crippen LogP contribution is -1.95. The van der Waals surface area contributed by atoms with Gasteiger partial charge in [-0.3, -0.25) is 9.78 Å². The van der Waals surface area contributed by atoms with Crippen LogP contribution in [0, 0.1) is 0 Å². The first-order chi connectivity index (χ1) is 7.20. The lowest BCUT2D eigenvalue weighted by atomic mass is 10.3. The minimum atomic E-state index is 0.289. The average molecular weight is 242 g/mol. The van der Waals surface area contributed by atoms with Crippen molar-refractivity contribution in [1.82, 2.24) is 9.97 Å². The van der Waals surface area contributed by atoms with Crippen molar-refractivity contribution in [3.05, 3.63) is 28.5 Å². The summed E-state index contributed by atoms with van der Waals surface area (Å²) in [6.45, 7) is 0. The van der Waals surface area contributed by atoms with E-state index < -0.39 is 0 Å². The molecule has 0 aromatic carbocycles. The number of fused-ring (bicyclic) bond motifs is 1. The van der Waals surface area contributed by atoms with E-state index in [0.29, 0.717) is 28.2 Å². The Morgan fingerprint density at radius 1 is 1.33 bits per heavy atom. The van der Waals surface area contributed by atoms with Crippen molar-refractivity contribution >= 4 is 46.3 Å². The zero-order chi connectivity index (χ0) is 10.8. The molecule has 0 aliphatic heterocycles. The molecule has 0 spiro atoms. The first-order valence-corrected chi connectivity index (χ1v) is 4.78. The predicted molar refractivity (Wildman–Crippen MR) is 59.2 cm³/mol. The number of aromatic nitrogens is 2. The van der Waals surface area contributed by atoms with E-state index in [9.17, 15) is 4.79 Å². The molecule has 1 amide bonds. The van der Waals surface area contributed by atoms with Crippen LogP contribution in [0.4, 0.5) is 5.69 Å². The maximum absolute atomic E-state index is 10.2. The number of amides is 1. The Kier molecular flexibility index (Phi) is 2.70. The molecule has 0 bridgehead atoms. The van der Waals surface area contributed by atoms with Crippen molar-refractivity contribution in [2.24, 2.45) is 0 Å². The topological polar surface area (TPSA) is 54.9 Å². The average Bonchev–Trinajstić information content (AvgIpc) is 2.17. The van der Waals surface area contributed by atoms with Crippen molar-refractivity contribution in [1.29, 1.82) is 0 Å². The number of nitrogens with one attached hydrogen (secondary N) is 1. The van der Waals surface area contributed by atoms with E-state index >= 15 is 0 Å². The second kappa shape index (κ2) is 4.00. The van der Waals surface area contributed by atoms with Crippen molar-refractivity contribution in [2.45, 2.75) is 0 Å². The molecule has 0 fully saturated rings. The van der Waals surface area contributed by atoms with Crippen LogP contribution < -0.4 is 5.32 Å². The van der Waals surface area contributed by atoms with Gasteiger partial charge in [0.25, 0.3) is 0 Å². The molecule has 0 radical (unpaired) electrons. The van der Waals surface area contributed by atoms with Crippen molar-refractivity contribution < 1.29 is 4.79 Å². The summed E-state index contributed by atoms with van der Waals surface area (Å²) in [7, 11) is 0. The summed E-state index contributed by atoms with van der Waals surface area (Å²) in [4.78, 5) is 18.3. The number of pyridine rings is 2. The molecule has 2 heterocycles. The van der Waals surface area contributed by atoms with E-state index in [1.165, 1.54) is 12.3 Å². The lowest BCUT2D eigenvalue weighted by Gasteiger charge is -2.02. The largest absolute Gasteiger partial charge is 0.327 e. The van der Waals surface area contributed by atoms with Crippen molar-refractivity contribution in [2.75, 3.05) is 5.32 Å². The Morgan fingerprint density at radius 3 is 2.87 bits per heavy atom. The number of hydrogen-bond acceptors (Lipinski definition) is 3. The minimum Gasteiger partial charge on any atom is -0.327 e. The highest BCUT2D eigenvalue weighted by atomic mass is 35.5. The third-order valence-corrected chi connectivity index (χ3v) is 2.27. The van der Waals surface area contributed by atoms with E-state index in [1.54, 1.807) is 6.07 Å². The third kappa shape index (κ3) is 2.00. The van der Waals surface area contributed by atoms with E-state index in [2.05, 4.69) is 15.3 Å². The van der Waals surface area contributed by atoms with Crippen LogP contribution in [0.2, 0.25) is 10.2 Å². The molecule has 0 aliphatic rings. The molecule has 0 atom stereocenters. The summed E-state index contributed by atoms with van der Waals surface area (Å²) in [5.74, 6) is 0. The van der Waals surface area contributed by atoms with Gasteiger partial charge in [0, 0.05) is 0 Å². The fourth-order valence-electron chi connectivity index (χ4n) is 1.19. The van der Waals surface area contributed by atoms with E-state index in [4.69, 9.17) is 23.2 Å². The van der Waals surface area contributed by atoms with Gasteiger partial charge in [-0.05, 0) is 12.1 Å². The molecule has 0 saturated carbocycles. The molecule has 0 saturated heterocycles. The van der Waals surface area contributed by atoms with E-state index in [0.717, 1.165) is 0 Å². The van der Waals surface area contributed by atoms with Gasteiger partial charge in [0.1, 0.15) is 10.7 Å². The van der Waals surface area contributed by atoms with Gasteiger partial charge < -0.3 is 5.32 Å². The normalized spacial score (nSPS) is 10.3. The number of halogens is 2. The highest BCUT2D eigenvalue weighted by Gasteiger charge is 2.05.